The fourth-order valence-corrected chi connectivity index (χ4v) is 2.15. The van der Waals surface area contributed by atoms with Gasteiger partial charge in [0.1, 0.15) is 0 Å². The third-order valence-corrected chi connectivity index (χ3v) is 2.88. The second kappa shape index (κ2) is 4.75. The maximum atomic E-state index is 12.0. The Kier molecular flexibility index (Phi) is 3.31. The van der Waals surface area contributed by atoms with Crippen molar-refractivity contribution in [2.75, 3.05) is 7.05 Å². The van der Waals surface area contributed by atoms with Crippen molar-refractivity contribution < 1.29 is 9.59 Å². The van der Waals surface area contributed by atoms with E-state index in [4.69, 9.17) is 0 Å². The first-order valence-corrected chi connectivity index (χ1v) is 5.99. The van der Waals surface area contributed by atoms with Crippen LogP contribution in [0.15, 0.2) is 0 Å². The van der Waals surface area contributed by atoms with Crippen LogP contribution in [0.2, 0.25) is 0 Å². The van der Waals surface area contributed by atoms with Crippen molar-refractivity contribution in [3.8, 4) is 0 Å². The van der Waals surface area contributed by atoms with Crippen LogP contribution >= 0.6 is 0 Å². The minimum absolute atomic E-state index is 0.0456. The summed E-state index contributed by atoms with van der Waals surface area (Å²) < 4.78 is 1.51. The van der Waals surface area contributed by atoms with Gasteiger partial charge >= 0.3 is 0 Å². The molecule has 7 heteroatoms. The lowest BCUT2D eigenvalue weighted by atomic mass is 10.0. The number of carbonyl (C=O) groups is 2. The Morgan fingerprint density at radius 1 is 1.61 bits per heavy atom. The van der Waals surface area contributed by atoms with Gasteiger partial charge in [-0.05, 0) is 12.3 Å². The number of fused-ring (bicyclic) bond motifs is 1. The van der Waals surface area contributed by atoms with Crippen LogP contribution < -0.4 is 10.6 Å². The Morgan fingerprint density at radius 3 is 2.94 bits per heavy atom. The predicted octanol–water partition coefficient (Wildman–Crippen LogP) is -0.204. The Hall–Kier alpha value is -1.92. The first-order chi connectivity index (χ1) is 8.52. The highest BCUT2D eigenvalue weighted by molar-refractivity contribution is 6.05. The number of nitrogens with zero attached hydrogens (tertiary/aromatic N) is 3. The Morgan fingerprint density at radius 2 is 2.33 bits per heavy atom. The Bertz CT molecular complexity index is 480. The minimum atomic E-state index is -0.395. The van der Waals surface area contributed by atoms with E-state index < -0.39 is 5.91 Å². The van der Waals surface area contributed by atoms with Gasteiger partial charge in [0.2, 0.25) is 0 Å². The van der Waals surface area contributed by atoms with Gasteiger partial charge < -0.3 is 10.6 Å². The summed E-state index contributed by atoms with van der Waals surface area (Å²) in [5.74, 6) is -0.192. The van der Waals surface area contributed by atoms with E-state index in [1.807, 2.05) is 0 Å². The third-order valence-electron chi connectivity index (χ3n) is 2.88. The standard InChI is InChI=1S/C11H17N5O2/c1-6(2)4-7-5-16-9(11(18)13-7)8(14-15-16)10(17)12-3/h6-7H,4-5H2,1-3H3,(H,12,17)(H,13,18)/t7-/m0/s1. The van der Waals surface area contributed by atoms with Gasteiger partial charge in [0.15, 0.2) is 11.4 Å². The van der Waals surface area contributed by atoms with Gasteiger partial charge in [-0.3, -0.25) is 9.59 Å². The molecule has 2 rings (SSSR count). The smallest absolute Gasteiger partial charge is 0.274 e. The highest BCUT2D eigenvalue weighted by Gasteiger charge is 2.31. The maximum Gasteiger partial charge on any atom is 0.274 e. The maximum absolute atomic E-state index is 12.0. The third kappa shape index (κ3) is 2.20. The van der Waals surface area contributed by atoms with Crippen molar-refractivity contribution in [1.82, 2.24) is 25.6 Å². The topological polar surface area (TPSA) is 88.9 Å². The molecule has 0 unspecified atom stereocenters. The first kappa shape index (κ1) is 12.5. The monoisotopic (exact) mass is 251 g/mol. The van der Waals surface area contributed by atoms with Crippen LogP contribution in [0.4, 0.5) is 0 Å². The SMILES string of the molecule is CNC(=O)c1nnn2c1C(=O)N[C@@H](CC(C)C)C2. The lowest BCUT2D eigenvalue weighted by molar-refractivity contribution is 0.0872. The largest absolute Gasteiger partial charge is 0.354 e. The molecule has 0 fully saturated rings. The molecule has 0 aromatic carbocycles. The van der Waals surface area contributed by atoms with Gasteiger partial charge in [-0.15, -0.1) is 5.10 Å². The van der Waals surface area contributed by atoms with Crippen molar-refractivity contribution in [2.45, 2.75) is 32.9 Å². The molecule has 0 spiro atoms. The summed E-state index contributed by atoms with van der Waals surface area (Å²) >= 11 is 0. The number of carbonyl (C=O) groups excluding carboxylic acids is 2. The molecule has 98 valence electrons. The van der Waals surface area contributed by atoms with Gasteiger partial charge in [0, 0.05) is 13.1 Å². The van der Waals surface area contributed by atoms with Crippen molar-refractivity contribution in [3.63, 3.8) is 0 Å². The zero-order valence-electron chi connectivity index (χ0n) is 10.7. The summed E-state index contributed by atoms with van der Waals surface area (Å²) in [5.41, 5.74) is 0.326. The molecule has 1 aliphatic heterocycles. The fourth-order valence-electron chi connectivity index (χ4n) is 2.15. The number of hydrogen-bond donors (Lipinski definition) is 2. The summed E-state index contributed by atoms with van der Waals surface area (Å²) in [6.07, 6.45) is 0.875. The fraction of sp³-hybridized carbons (Fsp3) is 0.636. The second-order valence-corrected chi connectivity index (χ2v) is 4.85. The predicted molar refractivity (Wildman–Crippen MR) is 64.1 cm³/mol. The number of aromatic nitrogens is 3. The molecule has 0 aliphatic carbocycles. The highest BCUT2D eigenvalue weighted by Crippen LogP contribution is 2.15. The van der Waals surface area contributed by atoms with Gasteiger partial charge in [0.05, 0.1) is 6.54 Å². The molecule has 0 radical (unpaired) electrons. The van der Waals surface area contributed by atoms with Crippen molar-refractivity contribution in [3.05, 3.63) is 11.4 Å². The van der Waals surface area contributed by atoms with Gasteiger partial charge in [-0.1, -0.05) is 19.1 Å². The van der Waals surface area contributed by atoms with E-state index in [9.17, 15) is 9.59 Å². The molecule has 1 aliphatic rings. The van der Waals surface area contributed by atoms with E-state index >= 15 is 0 Å². The quantitative estimate of drug-likeness (QED) is 0.778. The average molecular weight is 251 g/mol. The molecule has 0 bridgehead atoms. The van der Waals surface area contributed by atoms with E-state index in [2.05, 4.69) is 34.8 Å². The molecule has 0 saturated heterocycles. The molecule has 1 atom stereocenters. The van der Waals surface area contributed by atoms with Crippen LogP contribution in [0.5, 0.6) is 0 Å². The van der Waals surface area contributed by atoms with E-state index in [0.717, 1.165) is 6.42 Å². The van der Waals surface area contributed by atoms with Gasteiger partial charge in [-0.25, -0.2) is 4.68 Å². The van der Waals surface area contributed by atoms with E-state index in [0.29, 0.717) is 12.5 Å². The van der Waals surface area contributed by atoms with E-state index in [1.165, 1.54) is 11.7 Å². The van der Waals surface area contributed by atoms with E-state index in [-0.39, 0.29) is 23.3 Å². The molecule has 7 nitrogen and oxygen atoms in total. The summed E-state index contributed by atoms with van der Waals surface area (Å²) in [5, 5.41) is 13.0. The Labute approximate surface area is 105 Å². The average Bonchev–Trinajstić information content (AvgIpc) is 2.71. The van der Waals surface area contributed by atoms with Crippen LogP contribution in [0.3, 0.4) is 0 Å². The number of nitrogens with one attached hydrogen (secondary N) is 2. The summed E-state index contributed by atoms with van der Waals surface area (Å²) in [4.78, 5) is 23.5. The number of hydrogen-bond acceptors (Lipinski definition) is 4. The van der Waals surface area contributed by atoms with Crippen LogP contribution in [-0.2, 0) is 6.54 Å². The Balaban J connectivity index is 2.26. The molecular weight excluding hydrogens is 234 g/mol. The summed E-state index contributed by atoms with van der Waals surface area (Å²) in [7, 11) is 1.50. The van der Waals surface area contributed by atoms with Crippen molar-refractivity contribution in [1.29, 1.82) is 0 Å². The molecule has 0 saturated carbocycles. The number of rotatable bonds is 3. The van der Waals surface area contributed by atoms with Crippen molar-refractivity contribution in [2.24, 2.45) is 5.92 Å². The van der Waals surface area contributed by atoms with Gasteiger partial charge in [0.25, 0.3) is 11.8 Å². The molecule has 18 heavy (non-hydrogen) atoms. The number of amides is 2. The zero-order chi connectivity index (χ0) is 13.3. The lowest BCUT2D eigenvalue weighted by Gasteiger charge is -2.25. The summed E-state index contributed by atoms with van der Waals surface area (Å²) in [6, 6.07) is 0.0456. The van der Waals surface area contributed by atoms with Gasteiger partial charge in [-0.2, -0.15) is 0 Å². The highest BCUT2D eigenvalue weighted by atomic mass is 16.2. The van der Waals surface area contributed by atoms with Crippen molar-refractivity contribution >= 4 is 11.8 Å². The van der Waals surface area contributed by atoms with Crippen LogP contribution in [0, 0.1) is 5.92 Å². The molecular formula is C11H17N5O2. The molecule has 2 heterocycles. The summed E-state index contributed by atoms with van der Waals surface area (Å²) in [6.45, 7) is 4.75. The van der Waals surface area contributed by atoms with Crippen LogP contribution in [0.1, 0.15) is 41.2 Å². The molecule has 1 aromatic rings. The molecule has 1 aromatic heterocycles. The normalized spacial score (nSPS) is 18.4. The van der Waals surface area contributed by atoms with Crippen LogP contribution in [0.25, 0.3) is 0 Å². The zero-order valence-corrected chi connectivity index (χ0v) is 10.7. The molecule has 2 N–H and O–H groups in total. The second-order valence-electron chi connectivity index (χ2n) is 4.85. The minimum Gasteiger partial charge on any atom is -0.354 e. The molecule has 2 amide bonds. The van der Waals surface area contributed by atoms with E-state index in [1.54, 1.807) is 0 Å². The first-order valence-electron chi connectivity index (χ1n) is 5.99. The lowest BCUT2D eigenvalue weighted by Crippen LogP contribution is -2.45. The van der Waals surface area contributed by atoms with Crippen LogP contribution in [-0.4, -0.2) is 39.9 Å².